The van der Waals surface area contributed by atoms with Gasteiger partial charge in [-0.25, -0.2) is 13.2 Å². The molecule has 1 aromatic carbocycles. The molecule has 2 aliphatic carbocycles. The summed E-state index contributed by atoms with van der Waals surface area (Å²) in [6, 6.07) is 4.20. The molecule has 3 N–H and O–H groups in total. The number of amides is 4. The number of carbonyl (C=O) groups is 4. The van der Waals surface area contributed by atoms with Crippen LogP contribution in [0.5, 0.6) is 11.8 Å². The van der Waals surface area contributed by atoms with Gasteiger partial charge >= 0.3 is 12.3 Å². The van der Waals surface area contributed by atoms with Crippen molar-refractivity contribution in [2.45, 2.75) is 120 Å². The predicted octanol–water partition coefficient (Wildman–Crippen LogP) is 4.31. The fourth-order valence-electron chi connectivity index (χ4n) is 7.49. The molecule has 4 aliphatic rings. The summed E-state index contributed by atoms with van der Waals surface area (Å²) >= 11 is 0. The van der Waals surface area contributed by atoms with E-state index in [0.29, 0.717) is 56.7 Å². The number of alkyl halides is 3. The molecule has 1 saturated heterocycles. The Morgan fingerprint density at radius 3 is 2.32 bits per heavy atom. The number of sulfonamides is 1. The number of carbonyl (C=O) groups excluding carboxylic acids is 4. The van der Waals surface area contributed by atoms with Gasteiger partial charge in [-0.3, -0.25) is 19.1 Å². The number of hydrogen-bond donors (Lipinski definition) is 3. The fourth-order valence-corrected chi connectivity index (χ4v) is 8.81. The van der Waals surface area contributed by atoms with Gasteiger partial charge in [0.1, 0.15) is 23.7 Å². The van der Waals surface area contributed by atoms with E-state index in [1.165, 1.54) is 18.9 Å². The van der Waals surface area contributed by atoms with Gasteiger partial charge in [-0.05, 0) is 83.3 Å². The Bertz CT molecular complexity index is 2060. The summed E-state index contributed by atoms with van der Waals surface area (Å²) in [6.45, 7) is 6.27. The molecule has 2 aliphatic heterocycles. The van der Waals surface area contributed by atoms with E-state index < -0.39 is 85.9 Å². The third-order valence-corrected chi connectivity index (χ3v) is 13.8. The first-order valence-corrected chi connectivity index (χ1v) is 20.5. The van der Waals surface area contributed by atoms with Crippen molar-refractivity contribution in [3.05, 3.63) is 36.4 Å². The summed E-state index contributed by atoms with van der Waals surface area (Å²) < 4.78 is 85.0. The van der Waals surface area contributed by atoms with Crippen molar-refractivity contribution in [3.63, 3.8) is 0 Å². The van der Waals surface area contributed by atoms with E-state index in [0.717, 1.165) is 0 Å². The maximum atomic E-state index is 14.7. The van der Waals surface area contributed by atoms with Gasteiger partial charge in [-0.15, -0.1) is 10.2 Å². The molecule has 3 heterocycles. The zero-order valence-corrected chi connectivity index (χ0v) is 33.5. The molecule has 2 aromatic rings. The number of benzene rings is 1. The van der Waals surface area contributed by atoms with E-state index >= 15 is 0 Å². The molecule has 15 nitrogen and oxygen atoms in total. The zero-order valence-electron chi connectivity index (χ0n) is 32.6. The van der Waals surface area contributed by atoms with Gasteiger partial charge in [-0.2, -0.15) is 13.2 Å². The summed E-state index contributed by atoms with van der Waals surface area (Å²) in [5, 5.41) is 14.5. The van der Waals surface area contributed by atoms with Crippen LogP contribution in [0.2, 0.25) is 0 Å². The third kappa shape index (κ3) is 8.48. The first kappa shape index (κ1) is 41.9. The topological polar surface area (TPSA) is 195 Å². The zero-order chi connectivity index (χ0) is 41.7. The van der Waals surface area contributed by atoms with E-state index in [-0.39, 0.29) is 37.1 Å². The van der Waals surface area contributed by atoms with Crippen molar-refractivity contribution in [2.24, 2.45) is 17.8 Å². The maximum absolute atomic E-state index is 14.7. The Morgan fingerprint density at radius 1 is 1.04 bits per heavy atom. The van der Waals surface area contributed by atoms with Crippen LogP contribution in [-0.4, -0.2) is 101 Å². The van der Waals surface area contributed by atoms with E-state index in [1.54, 1.807) is 37.3 Å². The highest BCUT2D eigenvalue weighted by Gasteiger charge is 2.63. The number of fused-ring (bicyclic) bond motifs is 3. The van der Waals surface area contributed by atoms with Crippen molar-refractivity contribution >= 4 is 44.6 Å². The van der Waals surface area contributed by atoms with Crippen LogP contribution in [0.4, 0.5) is 18.0 Å². The Labute approximate surface area is 328 Å². The Kier molecular flexibility index (Phi) is 11.2. The molecule has 1 unspecified atom stereocenters. The number of halogens is 3. The van der Waals surface area contributed by atoms with Crippen molar-refractivity contribution in [1.82, 2.24) is 30.5 Å². The monoisotopic (exact) mass is 822 g/mol. The first-order chi connectivity index (χ1) is 26.6. The van der Waals surface area contributed by atoms with Crippen LogP contribution in [0.15, 0.2) is 36.4 Å². The van der Waals surface area contributed by atoms with Crippen LogP contribution in [-0.2, 0) is 29.1 Å². The lowest BCUT2D eigenvalue weighted by molar-refractivity contribution is -0.244. The number of nitrogens with one attached hydrogen (secondary N) is 3. The number of ether oxygens (including phenoxy) is 3. The Morgan fingerprint density at radius 2 is 1.68 bits per heavy atom. The number of rotatable bonds is 8. The van der Waals surface area contributed by atoms with Crippen LogP contribution >= 0.6 is 0 Å². The van der Waals surface area contributed by atoms with Gasteiger partial charge in [0, 0.05) is 12.3 Å². The Balaban J connectivity index is 1.36. The molecule has 1 aromatic heterocycles. The van der Waals surface area contributed by atoms with Crippen molar-refractivity contribution in [2.75, 3.05) is 13.7 Å². The first-order valence-electron chi connectivity index (χ1n) is 19.0. The van der Waals surface area contributed by atoms with Crippen LogP contribution in [0, 0.1) is 17.8 Å². The molecule has 7 atom stereocenters. The quantitative estimate of drug-likeness (QED) is 0.321. The van der Waals surface area contributed by atoms with E-state index in [9.17, 15) is 40.8 Å². The van der Waals surface area contributed by atoms with Crippen LogP contribution < -0.4 is 24.8 Å². The van der Waals surface area contributed by atoms with Crippen LogP contribution in [0.1, 0.15) is 79.6 Å². The third-order valence-electron chi connectivity index (χ3n) is 11.6. The van der Waals surface area contributed by atoms with E-state index in [4.69, 9.17) is 14.2 Å². The van der Waals surface area contributed by atoms with Gasteiger partial charge in [0.25, 0.3) is 5.91 Å². The van der Waals surface area contributed by atoms with Crippen LogP contribution in [0.3, 0.4) is 0 Å². The lowest BCUT2D eigenvalue weighted by atomic mass is 9.88. The van der Waals surface area contributed by atoms with E-state index in [1.807, 2.05) is 13.0 Å². The predicted molar refractivity (Wildman–Crippen MR) is 199 cm³/mol. The molecule has 4 amide bonds. The minimum atomic E-state index is -4.92. The average Bonchev–Trinajstić information content (AvgIpc) is 4.01. The number of allylic oxidation sites excluding steroid dienone is 1. The van der Waals surface area contributed by atoms with Crippen molar-refractivity contribution in [1.29, 1.82) is 0 Å². The summed E-state index contributed by atoms with van der Waals surface area (Å²) in [7, 11) is -2.65. The van der Waals surface area contributed by atoms with Crippen molar-refractivity contribution in [3.8, 4) is 11.8 Å². The second kappa shape index (κ2) is 15.2. The van der Waals surface area contributed by atoms with E-state index in [2.05, 4.69) is 25.6 Å². The molecule has 0 radical (unpaired) electrons. The maximum Gasteiger partial charge on any atom is 0.427 e. The van der Waals surface area contributed by atoms with Gasteiger partial charge in [0.05, 0.1) is 29.2 Å². The number of alkyl carbamates (subject to hydrolysis) is 1. The molecular weight excluding hydrogens is 774 g/mol. The highest BCUT2D eigenvalue weighted by Crippen LogP contribution is 2.48. The number of nitrogens with zero attached hydrogens (tertiary/aromatic N) is 3. The van der Waals surface area contributed by atoms with Gasteiger partial charge < -0.3 is 29.7 Å². The molecular formula is C38H49F3N6O9S. The Hall–Kier alpha value is -4.68. The minimum absolute atomic E-state index is 0.0432. The molecule has 312 valence electrons. The van der Waals surface area contributed by atoms with Gasteiger partial charge in [0.15, 0.2) is 0 Å². The molecule has 0 bridgehead atoms. The smallest absolute Gasteiger partial charge is 0.427 e. The molecule has 6 rings (SSSR count). The summed E-state index contributed by atoms with van der Waals surface area (Å²) in [5.41, 5.74) is -4.54. The second-order valence-electron chi connectivity index (χ2n) is 16.5. The minimum Gasteiger partial charge on any atom is -0.479 e. The highest BCUT2D eigenvalue weighted by molar-refractivity contribution is 7.91. The standard InChI is InChI=1S/C38H49F3N6O9S/c1-21-11-7-8-12-23-19-37(23,33(50)46-57(52,53)36(5)15-16-36)43-29(48)27-18-24(55-31-26-14-10-9-13-25(26)30(54-6)44-45-31)20-47(27)32(49)28(22(2)17-21)42-34(51)56-35(3,4)38(39,40)41/h8-10,12-14,21-24,27-28H,7,11,15-20H2,1-6H3,(H,42,51)(H,43,48)(H,46,50)/b12-8-/t21-,22-,23-,24-,27?,28+,37-/m1/s1. The van der Waals surface area contributed by atoms with Crippen molar-refractivity contribution < 1.29 is 55.0 Å². The molecule has 2 saturated carbocycles. The number of methoxy groups -OCH3 is 1. The van der Waals surface area contributed by atoms with Gasteiger partial charge in [0.2, 0.25) is 39.2 Å². The lowest BCUT2D eigenvalue weighted by Crippen LogP contribution is -2.59. The average molecular weight is 823 g/mol. The second-order valence-corrected chi connectivity index (χ2v) is 18.7. The normalized spacial score (nSPS) is 29.7. The highest BCUT2D eigenvalue weighted by atomic mass is 32.2. The molecule has 0 spiro atoms. The molecule has 3 fully saturated rings. The summed E-state index contributed by atoms with van der Waals surface area (Å²) in [6.07, 6.45) is -1.46. The molecule has 57 heavy (non-hydrogen) atoms. The molecule has 19 heteroatoms. The van der Waals surface area contributed by atoms with Crippen LogP contribution in [0.25, 0.3) is 10.8 Å². The number of hydrogen-bond acceptors (Lipinski definition) is 11. The van der Waals surface area contributed by atoms with Gasteiger partial charge in [-0.1, -0.05) is 38.1 Å². The largest absolute Gasteiger partial charge is 0.479 e. The number of aromatic nitrogens is 2. The lowest BCUT2D eigenvalue weighted by Gasteiger charge is -2.34. The fraction of sp³-hybridized carbons (Fsp3) is 0.632. The summed E-state index contributed by atoms with van der Waals surface area (Å²) in [5.74, 6) is -3.43. The summed E-state index contributed by atoms with van der Waals surface area (Å²) in [4.78, 5) is 57.3. The SMILES string of the molecule is COc1nnc(O[C@@H]2CC3C(=O)N[C@]4(C(=O)NS(=O)(=O)C5(C)CC5)C[C@H]4/C=C\CC[C@@H](C)C[C@@H](C)[C@H](NC(=O)OC(C)(C)C(F)(F)F)C(=O)N3C2)c2ccccc12.